The van der Waals surface area contributed by atoms with Crippen LogP contribution < -0.4 is 10.4 Å². The van der Waals surface area contributed by atoms with Crippen LogP contribution in [0.4, 0.5) is 5.00 Å². The SMILES string of the molecule is CCOC(=O)c1c(NC(=O)[C@H]2CC=CC[C@@H]2C(=O)[O-])sc2c1CCCCCCCCCC2. The third-order valence-corrected chi connectivity index (χ3v) is 7.67. The van der Waals surface area contributed by atoms with Gasteiger partial charge in [-0.25, -0.2) is 4.79 Å². The van der Waals surface area contributed by atoms with Gasteiger partial charge in [0, 0.05) is 16.8 Å². The summed E-state index contributed by atoms with van der Waals surface area (Å²) in [7, 11) is 0. The Labute approximate surface area is 194 Å². The molecule has 3 rings (SSSR count). The molecule has 0 spiro atoms. The third kappa shape index (κ3) is 6.21. The number of hydrogen-bond acceptors (Lipinski definition) is 6. The van der Waals surface area contributed by atoms with Crippen LogP contribution in [-0.2, 0) is 27.2 Å². The van der Waals surface area contributed by atoms with Crippen molar-refractivity contribution < 1.29 is 24.2 Å². The Hall–Kier alpha value is -2.15. The van der Waals surface area contributed by atoms with Gasteiger partial charge in [-0.15, -0.1) is 11.3 Å². The third-order valence-electron chi connectivity index (χ3n) is 6.46. The molecule has 0 aliphatic heterocycles. The number of aryl methyl sites for hydroxylation is 1. The largest absolute Gasteiger partial charge is 0.550 e. The van der Waals surface area contributed by atoms with Gasteiger partial charge < -0.3 is 20.0 Å². The van der Waals surface area contributed by atoms with Crippen LogP contribution in [0.2, 0.25) is 0 Å². The Morgan fingerprint density at radius 2 is 1.56 bits per heavy atom. The molecule has 176 valence electrons. The van der Waals surface area contributed by atoms with Gasteiger partial charge in [0.2, 0.25) is 5.91 Å². The highest BCUT2D eigenvalue weighted by atomic mass is 32.1. The minimum absolute atomic E-state index is 0.261. The van der Waals surface area contributed by atoms with Gasteiger partial charge in [-0.05, 0) is 51.0 Å². The van der Waals surface area contributed by atoms with E-state index in [4.69, 9.17) is 4.74 Å². The molecule has 2 aliphatic rings. The maximum Gasteiger partial charge on any atom is 0.341 e. The normalized spacial score (nSPS) is 22.2. The van der Waals surface area contributed by atoms with E-state index in [1.165, 1.54) is 37.0 Å². The van der Waals surface area contributed by atoms with E-state index in [2.05, 4.69) is 5.32 Å². The lowest BCUT2D eigenvalue weighted by molar-refractivity contribution is -0.313. The van der Waals surface area contributed by atoms with Crippen molar-refractivity contribution in [3.05, 3.63) is 28.2 Å². The minimum Gasteiger partial charge on any atom is -0.550 e. The Bertz CT molecular complexity index is 844. The summed E-state index contributed by atoms with van der Waals surface area (Å²) in [4.78, 5) is 38.7. The molecule has 1 heterocycles. The van der Waals surface area contributed by atoms with Crippen molar-refractivity contribution in [3.8, 4) is 0 Å². The van der Waals surface area contributed by atoms with Crippen molar-refractivity contribution in [1.29, 1.82) is 0 Å². The topological polar surface area (TPSA) is 95.5 Å². The zero-order valence-corrected chi connectivity index (χ0v) is 19.8. The van der Waals surface area contributed by atoms with E-state index in [9.17, 15) is 19.5 Å². The number of carbonyl (C=O) groups excluding carboxylic acids is 3. The Kier molecular flexibility index (Phi) is 9.33. The number of carbonyl (C=O) groups is 3. The van der Waals surface area contributed by atoms with Crippen molar-refractivity contribution in [2.75, 3.05) is 11.9 Å². The number of ether oxygens (including phenoxy) is 1. The molecule has 0 radical (unpaired) electrons. The molecule has 0 saturated heterocycles. The molecule has 0 saturated carbocycles. The van der Waals surface area contributed by atoms with Crippen LogP contribution in [0.3, 0.4) is 0 Å². The van der Waals surface area contributed by atoms with E-state index >= 15 is 0 Å². The summed E-state index contributed by atoms with van der Waals surface area (Å²) in [6.45, 7) is 2.03. The fourth-order valence-corrected chi connectivity index (χ4v) is 5.98. The molecule has 6 nitrogen and oxygen atoms in total. The number of amides is 1. The van der Waals surface area contributed by atoms with Gasteiger partial charge in [0.1, 0.15) is 5.00 Å². The van der Waals surface area contributed by atoms with Crippen LogP contribution in [0.15, 0.2) is 12.2 Å². The number of thiophene rings is 1. The van der Waals surface area contributed by atoms with E-state index in [1.54, 1.807) is 13.0 Å². The van der Waals surface area contributed by atoms with Gasteiger partial charge in [-0.1, -0.05) is 50.7 Å². The summed E-state index contributed by atoms with van der Waals surface area (Å²) < 4.78 is 5.35. The maximum atomic E-state index is 13.1. The monoisotopic (exact) mass is 460 g/mol. The number of carboxylic acid groups (broad SMARTS) is 1. The molecule has 1 aromatic heterocycles. The van der Waals surface area contributed by atoms with Gasteiger partial charge >= 0.3 is 5.97 Å². The summed E-state index contributed by atoms with van der Waals surface area (Å²) in [5.41, 5.74) is 1.47. The standard InChI is InChI=1S/C25H35NO5S/c1-2-31-25(30)21-19-15-9-7-5-3-4-6-8-10-16-20(19)32-23(21)26-22(27)17-13-11-12-14-18(17)24(28)29/h11-12,17-18H,2-10,13-16H2,1H3,(H,26,27)(H,28,29)/p-1/t17-,18-/m0/s1. The zero-order chi connectivity index (χ0) is 22.9. The van der Waals surface area contributed by atoms with E-state index in [-0.39, 0.29) is 18.9 Å². The Morgan fingerprint density at radius 1 is 0.969 bits per heavy atom. The molecular formula is C25H34NO5S-. The van der Waals surface area contributed by atoms with E-state index < -0.39 is 23.8 Å². The number of carboxylic acids is 1. The highest BCUT2D eigenvalue weighted by molar-refractivity contribution is 7.17. The highest BCUT2D eigenvalue weighted by Crippen LogP contribution is 2.38. The smallest absolute Gasteiger partial charge is 0.341 e. The molecule has 1 N–H and O–H groups in total. The molecule has 1 aromatic rings. The first-order chi connectivity index (χ1) is 15.5. The van der Waals surface area contributed by atoms with Crippen LogP contribution >= 0.6 is 11.3 Å². The van der Waals surface area contributed by atoms with E-state index in [0.29, 0.717) is 17.0 Å². The second-order valence-electron chi connectivity index (χ2n) is 8.72. The Balaban J connectivity index is 1.90. The van der Waals surface area contributed by atoms with Crippen LogP contribution in [0.1, 0.15) is 91.9 Å². The van der Waals surface area contributed by atoms with Crippen molar-refractivity contribution in [2.45, 2.75) is 84.0 Å². The first kappa shape index (κ1) is 24.5. The van der Waals surface area contributed by atoms with Gasteiger partial charge in [-0.2, -0.15) is 0 Å². The fraction of sp³-hybridized carbons (Fsp3) is 0.640. The fourth-order valence-electron chi connectivity index (χ4n) is 4.70. The summed E-state index contributed by atoms with van der Waals surface area (Å²) in [5, 5.41) is 15.0. The molecule has 0 aromatic carbocycles. The lowest BCUT2D eigenvalue weighted by atomic mass is 9.82. The molecule has 2 aliphatic carbocycles. The molecule has 0 bridgehead atoms. The van der Waals surface area contributed by atoms with Crippen LogP contribution in [0, 0.1) is 11.8 Å². The average Bonchev–Trinajstić information content (AvgIpc) is 3.10. The van der Waals surface area contributed by atoms with Crippen molar-refractivity contribution in [2.24, 2.45) is 11.8 Å². The lowest BCUT2D eigenvalue weighted by Crippen LogP contribution is -2.41. The van der Waals surface area contributed by atoms with Crippen molar-refractivity contribution in [1.82, 2.24) is 0 Å². The molecular weight excluding hydrogens is 426 g/mol. The van der Waals surface area contributed by atoms with Gasteiger partial charge in [0.25, 0.3) is 0 Å². The summed E-state index contributed by atoms with van der Waals surface area (Å²) >= 11 is 1.45. The Morgan fingerprint density at radius 3 is 2.19 bits per heavy atom. The van der Waals surface area contributed by atoms with Crippen LogP contribution in [-0.4, -0.2) is 24.5 Å². The molecule has 2 atom stereocenters. The first-order valence-electron chi connectivity index (χ1n) is 12.0. The predicted molar refractivity (Wildman–Crippen MR) is 124 cm³/mol. The average molecular weight is 461 g/mol. The van der Waals surface area contributed by atoms with E-state index in [0.717, 1.165) is 49.0 Å². The summed E-state index contributed by atoms with van der Waals surface area (Å²) in [6, 6.07) is 0. The number of fused-ring (bicyclic) bond motifs is 1. The second kappa shape index (κ2) is 12.2. The second-order valence-corrected chi connectivity index (χ2v) is 9.83. The van der Waals surface area contributed by atoms with Gasteiger partial charge in [0.05, 0.1) is 18.1 Å². The number of allylic oxidation sites excluding steroid dienone is 2. The number of aliphatic carboxylic acids is 1. The van der Waals surface area contributed by atoms with Crippen LogP contribution in [0.5, 0.6) is 0 Å². The number of hydrogen-bond donors (Lipinski definition) is 1. The predicted octanol–water partition coefficient (Wildman–Crippen LogP) is 4.42. The van der Waals surface area contributed by atoms with Crippen LogP contribution in [0.25, 0.3) is 0 Å². The molecule has 1 amide bonds. The molecule has 0 unspecified atom stereocenters. The molecule has 0 fully saturated rings. The van der Waals surface area contributed by atoms with Gasteiger partial charge in [0.15, 0.2) is 0 Å². The van der Waals surface area contributed by atoms with E-state index in [1.807, 2.05) is 6.08 Å². The van der Waals surface area contributed by atoms with Crippen molar-refractivity contribution >= 4 is 34.2 Å². The summed E-state index contributed by atoms with van der Waals surface area (Å²) in [6.07, 6.45) is 15.3. The van der Waals surface area contributed by atoms with Crippen molar-refractivity contribution in [3.63, 3.8) is 0 Å². The highest BCUT2D eigenvalue weighted by Gasteiger charge is 2.32. The number of anilines is 1. The lowest BCUT2D eigenvalue weighted by Gasteiger charge is -2.28. The minimum atomic E-state index is -1.21. The number of esters is 1. The molecule has 32 heavy (non-hydrogen) atoms. The number of rotatable bonds is 5. The number of nitrogens with one attached hydrogen (secondary N) is 1. The first-order valence-corrected chi connectivity index (χ1v) is 12.8. The zero-order valence-electron chi connectivity index (χ0n) is 19.0. The van der Waals surface area contributed by atoms with Gasteiger partial charge in [-0.3, -0.25) is 4.79 Å². The molecule has 7 heteroatoms. The summed E-state index contributed by atoms with van der Waals surface area (Å²) in [5.74, 6) is -3.55. The maximum absolute atomic E-state index is 13.1. The quantitative estimate of drug-likeness (QED) is 0.518.